The molecule has 2 aliphatic rings. The lowest BCUT2D eigenvalue weighted by molar-refractivity contribution is -0.113. The number of Topliss-reactive ketones (excluding diaryl/α,β-unsaturated/α-hetero) is 2. The van der Waals surface area contributed by atoms with Crippen molar-refractivity contribution in [3.8, 4) is 0 Å². The van der Waals surface area contributed by atoms with Crippen molar-refractivity contribution >= 4 is 11.6 Å². The number of rotatable bonds is 6. The van der Waals surface area contributed by atoms with Gasteiger partial charge in [0.2, 0.25) is 0 Å². The molecule has 0 bridgehead atoms. The highest BCUT2D eigenvalue weighted by Gasteiger charge is 2.18. The molecule has 0 aromatic carbocycles. The predicted octanol–water partition coefficient (Wildman–Crippen LogP) is 5.74. The van der Waals surface area contributed by atoms with Gasteiger partial charge < -0.3 is 0 Å². The van der Waals surface area contributed by atoms with Gasteiger partial charge in [0.25, 0.3) is 0 Å². The maximum Gasteiger partial charge on any atom is 0.185 e. The fourth-order valence-electron chi connectivity index (χ4n) is 3.12. The van der Waals surface area contributed by atoms with E-state index in [0.717, 1.165) is 65.5 Å². The van der Waals surface area contributed by atoms with Gasteiger partial charge in [0, 0.05) is 16.7 Å². The molecule has 2 heteroatoms. The highest BCUT2D eigenvalue weighted by atomic mass is 16.1. The third kappa shape index (κ3) is 4.66. The van der Waals surface area contributed by atoms with Crippen LogP contribution in [0.3, 0.4) is 0 Å². The second-order valence-corrected chi connectivity index (χ2v) is 6.64. The van der Waals surface area contributed by atoms with Gasteiger partial charge in [0.1, 0.15) is 0 Å². The van der Waals surface area contributed by atoms with Crippen LogP contribution in [0.1, 0.15) is 59.8 Å². The third-order valence-electron chi connectivity index (χ3n) is 4.67. The third-order valence-corrected chi connectivity index (χ3v) is 4.67. The Morgan fingerprint density at radius 1 is 0.760 bits per heavy atom. The van der Waals surface area contributed by atoms with Gasteiger partial charge in [0.15, 0.2) is 11.6 Å². The number of carbonyl (C=O) groups is 2. The molecule has 2 nitrogen and oxygen atoms in total. The van der Waals surface area contributed by atoms with Crippen LogP contribution in [-0.4, -0.2) is 11.6 Å². The van der Waals surface area contributed by atoms with Crippen LogP contribution in [0.5, 0.6) is 0 Å². The molecule has 0 unspecified atom stereocenters. The number of hydrogen-bond acceptors (Lipinski definition) is 2. The Kier molecular flexibility index (Phi) is 6.69. The van der Waals surface area contributed by atoms with Crippen LogP contribution < -0.4 is 0 Å². The van der Waals surface area contributed by atoms with E-state index in [4.69, 9.17) is 0 Å². The van der Waals surface area contributed by atoms with E-state index in [1.165, 1.54) is 0 Å². The van der Waals surface area contributed by atoms with Gasteiger partial charge in [-0.25, -0.2) is 0 Å². The van der Waals surface area contributed by atoms with Crippen molar-refractivity contribution in [2.45, 2.75) is 59.8 Å². The number of carbonyl (C=O) groups excluding carboxylic acids is 2. The smallest absolute Gasteiger partial charge is 0.185 e. The van der Waals surface area contributed by atoms with Crippen LogP contribution in [-0.2, 0) is 9.59 Å². The Morgan fingerprint density at radius 2 is 1.28 bits per heavy atom. The molecular formula is C23H28O2. The van der Waals surface area contributed by atoms with E-state index < -0.39 is 0 Å². The van der Waals surface area contributed by atoms with Crippen LogP contribution in [0, 0.1) is 0 Å². The summed E-state index contributed by atoms with van der Waals surface area (Å²) in [5.74, 6) is 0.346. The summed E-state index contributed by atoms with van der Waals surface area (Å²) in [5.41, 5.74) is 5.53. The first-order valence-electron chi connectivity index (χ1n) is 9.31. The summed E-state index contributed by atoms with van der Waals surface area (Å²) in [4.78, 5) is 24.5. The summed E-state index contributed by atoms with van der Waals surface area (Å²) in [5, 5.41) is 0. The van der Waals surface area contributed by atoms with E-state index in [0.29, 0.717) is 0 Å². The molecule has 2 aliphatic carbocycles. The summed E-state index contributed by atoms with van der Waals surface area (Å²) < 4.78 is 0. The van der Waals surface area contributed by atoms with Crippen LogP contribution in [0.25, 0.3) is 0 Å². The van der Waals surface area contributed by atoms with Gasteiger partial charge in [0.05, 0.1) is 0 Å². The standard InChI is InChI=1S/C23H28O2/c1-5-8-9-21-15-18(14-20(7-3)23(21)25)11-10-17-12-16(4)22(24)19(6-2)13-17/h10-15H,5-9H2,1-4H3/b17-10-,18-11+. The van der Waals surface area contributed by atoms with E-state index >= 15 is 0 Å². The first-order valence-corrected chi connectivity index (χ1v) is 9.31. The Bertz CT molecular complexity index is 749. The van der Waals surface area contributed by atoms with E-state index in [1.54, 1.807) is 0 Å². The van der Waals surface area contributed by atoms with Crippen molar-refractivity contribution in [1.29, 1.82) is 0 Å². The van der Waals surface area contributed by atoms with Gasteiger partial charge in [-0.1, -0.05) is 39.3 Å². The van der Waals surface area contributed by atoms with E-state index in [-0.39, 0.29) is 11.6 Å². The number of ketones is 2. The van der Waals surface area contributed by atoms with Crippen molar-refractivity contribution in [1.82, 2.24) is 0 Å². The highest BCUT2D eigenvalue weighted by Crippen LogP contribution is 2.26. The molecule has 0 heterocycles. The molecule has 0 amide bonds. The number of hydrogen-bond donors (Lipinski definition) is 0. The highest BCUT2D eigenvalue weighted by molar-refractivity contribution is 6.10. The Balaban J connectivity index is 2.33. The first kappa shape index (κ1) is 19.1. The van der Waals surface area contributed by atoms with E-state index in [2.05, 4.69) is 6.92 Å². The van der Waals surface area contributed by atoms with Crippen molar-refractivity contribution in [3.05, 3.63) is 69.9 Å². The molecule has 0 saturated heterocycles. The summed E-state index contributed by atoms with van der Waals surface area (Å²) in [7, 11) is 0. The molecule has 0 N–H and O–H groups in total. The lowest BCUT2D eigenvalue weighted by Crippen LogP contribution is -2.10. The summed E-state index contributed by atoms with van der Waals surface area (Å²) in [6, 6.07) is 0. The first-order chi connectivity index (χ1) is 12.0. The second kappa shape index (κ2) is 8.75. The zero-order chi connectivity index (χ0) is 18.4. The molecule has 0 aromatic rings. The average molecular weight is 336 g/mol. The van der Waals surface area contributed by atoms with E-state index in [1.807, 2.05) is 57.2 Å². The number of allylic oxidation sites excluding steroid dienone is 12. The molecule has 132 valence electrons. The zero-order valence-electron chi connectivity index (χ0n) is 15.8. The Morgan fingerprint density at radius 3 is 1.84 bits per heavy atom. The van der Waals surface area contributed by atoms with Gasteiger partial charge >= 0.3 is 0 Å². The lowest BCUT2D eigenvalue weighted by Gasteiger charge is -2.15. The van der Waals surface area contributed by atoms with Crippen LogP contribution in [0.4, 0.5) is 0 Å². The molecule has 0 spiro atoms. The maximum absolute atomic E-state index is 12.4. The zero-order valence-corrected chi connectivity index (χ0v) is 15.8. The van der Waals surface area contributed by atoms with Gasteiger partial charge in [-0.3, -0.25) is 9.59 Å². The summed E-state index contributed by atoms with van der Waals surface area (Å²) in [6.45, 7) is 8.03. The van der Waals surface area contributed by atoms with Crippen molar-refractivity contribution in [2.75, 3.05) is 0 Å². The fraction of sp³-hybridized carbons (Fsp3) is 0.391. The summed E-state index contributed by atoms with van der Waals surface area (Å²) >= 11 is 0. The topological polar surface area (TPSA) is 34.1 Å². The molecule has 0 radical (unpaired) electrons. The Labute approximate surface area is 151 Å². The van der Waals surface area contributed by atoms with Crippen molar-refractivity contribution in [2.24, 2.45) is 0 Å². The van der Waals surface area contributed by atoms with Crippen molar-refractivity contribution < 1.29 is 9.59 Å². The number of unbranched alkanes of at least 4 members (excludes halogenated alkanes) is 1. The van der Waals surface area contributed by atoms with Gasteiger partial charge in [-0.2, -0.15) is 0 Å². The predicted molar refractivity (Wildman–Crippen MR) is 104 cm³/mol. The molecule has 0 aliphatic heterocycles. The molecule has 25 heavy (non-hydrogen) atoms. The quantitative estimate of drug-likeness (QED) is 0.620. The fourth-order valence-corrected chi connectivity index (χ4v) is 3.12. The molecule has 0 saturated carbocycles. The van der Waals surface area contributed by atoms with Gasteiger partial charge in [-0.15, -0.1) is 0 Å². The monoisotopic (exact) mass is 336 g/mol. The average Bonchev–Trinajstić information content (AvgIpc) is 2.62. The minimum absolute atomic E-state index is 0.144. The maximum atomic E-state index is 12.4. The molecule has 2 rings (SSSR count). The van der Waals surface area contributed by atoms with Crippen LogP contribution in [0.2, 0.25) is 0 Å². The minimum atomic E-state index is 0.144. The molecule has 0 aromatic heterocycles. The summed E-state index contributed by atoms with van der Waals surface area (Å²) in [6.07, 6.45) is 16.4. The molecular weight excluding hydrogens is 308 g/mol. The van der Waals surface area contributed by atoms with Crippen LogP contribution >= 0.6 is 0 Å². The normalized spacial score (nSPS) is 21.3. The second-order valence-electron chi connectivity index (χ2n) is 6.64. The molecule has 0 atom stereocenters. The molecule has 0 fully saturated rings. The SMILES string of the molecule is CCCCC1=C/C(=C/C=C2/C=C(C)C(=O)C(CC)=C2)C=C(CC)C1=O. The van der Waals surface area contributed by atoms with E-state index in [9.17, 15) is 9.59 Å². The largest absolute Gasteiger partial charge is 0.289 e. The van der Waals surface area contributed by atoms with Gasteiger partial charge in [-0.05, 0) is 73.6 Å². The lowest BCUT2D eigenvalue weighted by atomic mass is 9.89. The minimum Gasteiger partial charge on any atom is -0.289 e. The Hall–Kier alpha value is -2.22. The van der Waals surface area contributed by atoms with Crippen molar-refractivity contribution in [3.63, 3.8) is 0 Å². The van der Waals surface area contributed by atoms with Crippen LogP contribution in [0.15, 0.2) is 69.9 Å².